The summed E-state index contributed by atoms with van der Waals surface area (Å²) < 4.78 is 4.85. The third-order valence-electron chi connectivity index (χ3n) is 4.23. The van der Waals surface area contributed by atoms with E-state index in [4.69, 9.17) is 10.4 Å². The molecule has 2 heterocycles. The standard InChI is InChI=1S/C16H16N4O/c17-13-6-7-14(16-15(13)18-21-19-16)20-9-8-12(10-20)11-4-2-1-3-5-11/h1-7,12H,8-10,17H2. The molecule has 4 rings (SSSR count). The Kier molecular flexibility index (Phi) is 2.77. The molecule has 1 aromatic heterocycles. The Morgan fingerprint density at radius 1 is 1.05 bits per heavy atom. The zero-order valence-electron chi connectivity index (χ0n) is 11.6. The highest BCUT2D eigenvalue weighted by Crippen LogP contribution is 2.34. The minimum absolute atomic E-state index is 0.554. The Bertz CT molecular complexity index is 768. The van der Waals surface area contributed by atoms with Gasteiger partial charge in [-0.3, -0.25) is 0 Å². The van der Waals surface area contributed by atoms with Crippen LogP contribution in [0, 0.1) is 0 Å². The van der Waals surface area contributed by atoms with E-state index in [1.807, 2.05) is 12.1 Å². The molecule has 0 spiro atoms. The molecule has 2 aromatic carbocycles. The van der Waals surface area contributed by atoms with Gasteiger partial charge in [0.1, 0.15) is 0 Å². The van der Waals surface area contributed by atoms with Crippen molar-refractivity contribution in [2.75, 3.05) is 23.7 Å². The number of fused-ring (bicyclic) bond motifs is 1. The number of nitrogen functional groups attached to an aromatic ring is 1. The minimum atomic E-state index is 0.554. The summed E-state index contributed by atoms with van der Waals surface area (Å²) in [6.45, 7) is 1.99. The predicted octanol–water partition coefficient (Wildman–Crippen LogP) is 2.80. The lowest BCUT2D eigenvalue weighted by Gasteiger charge is -2.19. The SMILES string of the molecule is Nc1ccc(N2CCC(c3ccccc3)C2)c2nonc12. The topological polar surface area (TPSA) is 68.2 Å². The molecule has 1 aliphatic rings. The van der Waals surface area contributed by atoms with Crippen LogP contribution in [0.25, 0.3) is 11.0 Å². The Morgan fingerprint density at radius 3 is 2.71 bits per heavy atom. The Balaban J connectivity index is 1.66. The predicted molar refractivity (Wildman–Crippen MR) is 82.2 cm³/mol. The van der Waals surface area contributed by atoms with Crippen LogP contribution in [-0.2, 0) is 0 Å². The Hall–Kier alpha value is -2.56. The number of anilines is 2. The van der Waals surface area contributed by atoms with Gasteiger partial charge >= 0.3 is 0 Å². The summed E-state index contributed by atoms with van der Waals surface area (Å²) in [5.74, 6) is 0.554. The molecule has 1 aliphatic heterocycles. The number of rotatable bonds is 2. The van der Waals surface area contributed by atoms with Gasteiger partial charge in [0.2, 0.25) is 0 Å². The molecule has 0 amide bonds. The molecule has 1 fully saturated rings. The summed E-state index contributed by atoms with van der Waals surface area (Å²) in [5, 5.41) is 7.90. The van der Waals surface area contributed by atoms with Crippen molar-refractivity contribution in [1.29, 1.82) is 0 Å². The van der Waals surface area contributed by atoms with Crippen LogP contribution in [-0.4, -0.2) is 23.4 Å². The van der Waals surface area contributed by atoms with Crippen molar-refractivity contribution in [2.24, 2.45) is 0 Å². The van der Waals surface area contributed by atoms with Crippen LogP contribution >= 0.6 is 0 Å². The Morgan fingerprint density at radius 2 is 1.86 bits per heavy atom. The van der Waals surface area contributed by atoms with E-state index in [0.29, 0.717) is 17.1 Å². The molecular weight excluding hydrogens is 264 g/mol. The highest BCUT2D eigenvalue weighted by Gasteiger charge is 2.26. The fourth-order valence-corrected chi connectivity index (χ4v) is 3.10. The highest BCUT2D eigenvalue weighted by atomic mass is 16.6. The maximum Gasteiger partial charge on any atom is 0.160 e. The van der Waals surface area contributed by atoms with Gasteiger partial charge in [0.25, 0.3) is 0 Å². The van der Waals surface area contributed by atoms with Crippen molar-refractivity contribution in [1.82, 2.24) is 10.3 Å². The second-order valence-corrected chi connectivity index (χ2v) is 5.48. The fraction of sp³-hybridized carbons (Fsp3) is 0.250. The van der Waals surface area contributed by atoms with Gasteiger partial charge in [-0.05, 0) is 34.4 Å². The van der Waals surface area contributed by atoms with Crippen LogP contribution in [0.3, 0.4) is 0 Å². The molecule has 1 unspecified atom stereocenters. The molecular formula is C16H16N4O. The van der Waals surface area contributed by atoms with Crippen LogP contribution in [0.5, 0.6) is 0 Å². The van der Waals surface area contributed by atoms with E-state index >= 15 is 0 Å². The van der Waals surface area contributed by atoms with Crippen molar-refractivity contribution < 1.29 is 4.63 Å². The first-order valence-electron chi connectivity index (χ1n) is 7.13. The summed E-state index contributed by atoms with van der Waals surface area (Å²) in [4.78, 5) is 2.34. The van der Waals surface area contributed by atoms with Crippen molar-refractivity contribution in [3.05, 3.63) is 48.0 Å². The lowest BCUT2D eigenvalue weighted by atomic mass is 9.99. The minimum Gasteiger partial charge on any atom is -0.397 e. The van der Waals surface area contributed by atoms with Gasteiger partial charge < -0.3 is 10.6 Å². The van der Waals surface area contributed by atoms with E-state index in [0.717, 1.165) is 30.7 Å². The van der Waals surface area contributed by atoms with E-state index in [1.165, 1.54) is 5.56 Å². The molecule has 3 aromatic rings. The van der Waals surface area contributed by atoms with Crippen LogP contribution in [0.2, 0.25) is 0 Å². The van der Waals surface area contributed by atoms with Crippen LogP contribution in [0.4, 0.5) is 11.4 Å². The zero-order chi connectivity index (χ0) is 14.2. The zero-order valence-corrected chi connectivity index (χ0v) is 11.6. The van der Waals surface area contributed by atoms with Gasteiger partial charge in [-0.2, -0.15) is 0 Å². The lowest BCUT2D eigenvalue weighted by molar-refractivity contribution is 0.315. The van der Waals surface area contributed by atoms with Gasteiger partial charge in [0.15, 0.2) is 11.0 Å². The van der Waals surface area contributed by atoms with Gasteiger partial charge in [0.05, 0.1) is 11.4 Å². The van der Waals surface area contributed by atoms with Gasteiger partial charge in [-0.25, -0.2) is 4.63 Å². The van der Waals surface area contributed by atoms with Crippen LogP contribution in [0.15, 0.2) is 47.1 Å². The van der Waals surface area contributed by atoms with Crippen molar-refractivity contribution in [2.45, 2.75) is 12.3 Å². The van der Waals surface area contributed by atoms with Gasteiger partial charge in [0, 0.05) is 19.0 Å². The largest absolute Gasteiger partial charge is 0.397 e. The molecule has 1 saturated heterocycles. The van der Waals surface area contributed by atoms with E-state index in [2.05, 4.69) is 45.5 Å². The van der Waals surface area contributed by atoms with E-state index in [-0.39, 0.29) is 0 Å². The number of aromatic nitrogens is 2. The van der Waals surface area contributed by atoms with Crippen molar-refractivity contribution in [3.8, 4) is 0 Å². The quantitative estimate of drug-likeness (QED) is 0.731. The van der Waals surface area contributed by atoms with Crippen molar-refractivity contribution >= 4 is 22.4 Å². The van der Waals surface area contributed by atoms with Gasteiger partial charge in [-0.1, -0.05) is 30.3 Å². The first kappa shape index (κ1) is 12.2. The molecule has 106 valence electrons. The van der Waals surface area contributed by atoms with Gasteiger partial charge in [-0.15, -0.1) is 0 Å². The lowest BCUT2D eigenvalue weighted by Crippen LogP contribution is -2.19. The molecule has 2 N–H and O–H groups in total. The number of nitrogens with two attached hydrogens (primary N) is 1. The smallest absolute Gasteiger partial charge is 0.160 e. The normalized spacial score (nSPS) is 18.5. The summed E-state index contributed by atoms with van der Waals surface area (Å²) >= 11 is 0. The monoisotopic (exact) mass is 280 g/mol. The second-order valence-electron chi connectivity index (χ2n) is 5.48. The average molecular weight is 280 g/mol. The molecule has 0 aliphatic carbocycles. The summed E-state index contributed by atoms with van der Waals surface area (Å²) in [5.41, 5.74) is 10.4. The maximum atomic E-state index is 5.91. The molecule has 0 saturated carbocycles. The summed E-state index contributed by atoms with van der Waals surface area (Å²) in [6.07, 6.45) is 1.14. The molecule has 0 bridgehead atoms. The third-order valence-corrected chi connectivity index (χ3v) is 4.23. The number of nitrogens with zero attached hydrogens (tertiary/aromatic N) is 3. The first-order chi connectivity index (χ1) is 10.3. The second kappa shape index (κ2) is 4.77. The number of hydrogen-bond acceptors (Lipinski definition) is 5. The van der Waals surface area contributed by atoms with Crippen molar-refractivity contribution in [3.63, 3.8) is 0 Å². The van der Waals surface area contributed by atoms with E-state index in [1.54, 1.807) is 0 Å². The molecule has 0 radical (unpaired) electrons. The highest BCUT2D eigenvalue weighted by molar-refractivity contribution is 5.95. The van der Waals surface area contributed by atoms with Crippen LogP contribution < -0.4 is 10.6 Å². The Labute approximate surface area is 122 Å². The van der Waals surface area contributed by atoms with E-state index in [9.17, 15) is 0 Å². The molecule has 21 heavy (non-hydrogen) atoms. The summed E-state index contributed by atoms with van der Waals surface area (Å²) in [6, 6.07) is 14.5. The van der Waals surface area contributed by atoms with Crippen LogP contribution in [0.1, 0.15) is 17.9 Å². The molecule has 5 heteroatoms. The van der Waals surface area contributed by atoms with E-state index < -0.39 is 0 Å². The number of hydrogen-bond donors (Lipinski definition) is 1. The summed E-state index contributed by atoms with van der Waals surface area (Å²) in [7, 11) is 0. The number of benzene rings is 2. The average Bonchev–Trinajstić information content (AvgIpc) is 3.18. The fourth-order valence-electron chi connectivity index (χ4n) is 3.10. The maximum absolute atomic E-state index is 5.91. The molecule has 1 atom stereocenters. The first-order valence-corrected chi connectivity index (χ1v) is 7.13. The third kappa shape index (κ3) is 2.01. The molecule has 5 nitrogen and oxygen atoms in total.